The van der Waals surface area contributed by atoms with Gasteiger partial charge in [0.05, 0.1) is 19.3 Å². The van der Waals surface area contributed by atoms with Crippen molar-refractivity contribution in [1.29, 1.82) is 0 Å². The van der Waals surface area contributed by atoms with Crippen molar-refractivity contribution >= 4 is 5.91 Å². The molecule has 134 valence electrons. The first-order valence-electron chi connectivity index (χ1n) is 7.87. The van der Waals surface area contributed by atoms with Crippen LogP contribution in [0.1, 0.15) is 10.4 Å². The lowest BCUT2D eigenvalue weighted by molar-refractivity contribution is -0.132. The van der Waals surface area contributed by atoms with E-state index >= 15 is 0 Å². The van der Waals surface area contributed by atoms with Crippen molar-refractivity contribution in [3.8, 4) is 11.3 Å². The van der Waals surface area contributed by atoms with Crippen LogP contribution in [0.4, 0.5) is 4.39 Å². The lowest BCUT2D eigenvalue weighted by Crippen LogP contribution is -2.49. The predicted molar refractivity (Wildman–Crippen MR) is 85.3 cm³/mol. The van der Waals surface area contributed by atoms with E-state index < -0.39 is 18.1 Å². The fourth-order valence-corrected chi connectivity index (χ4v) is 2.76. The number of rotatable bonds is 5. The Morgan fingerprint density at radius 3 is 2.88 bits per heavy atom. The van der Waals surface area contributed by atoms with Gasteiger partial charge in [0, 0.05) is 25.1 Å². The maximum atomic E-state index is 13.0. The van der Waals surface area contributed by atoms with Crippen LogP contribution in [0.15, 0.2) is 35.1 Å². The average molecular weight is 350 g/mol. The molecule has 8 heteroatoms. The molecule has 2 N–H and O–H groups in total. The molecule has 3 atom stereocenters. The molecule has 0 aliphatic carbocycles. The maximum Gasteiger partial charge on any atom is 0.256 e. The van der Waals surface area contributed by atoms with Gasteiger partial charge in [-0.2, -0.15) is 0 Å². The summed E-state index contributed by atoms with van der Waals surface area (Å²) in [6.07, 6.45) is 0.0962. The molecule has 1 aliphatic rings. The van der Waals surface area contributed by atoms with E-state index in [4.69, 9.17) is 14.0 Å². The zero-order chi connectivity index (χ0) is 17.8. The lowest BCUT2D eigenvalue weighted by Gasteiger charge is -2.33. The number of benzene rings is 1. The Balaban J connectivity index is 1.66. The quantitative estimate of drug-likeness (QED) is 0.842. The van der Waals surface area contributed by atoms with Crippen LogP contribution in [0.3, 0.4) is 0 Å². The van der Waals surface area contributed by atoms with Gasteiger partial charge in [-0.05, 0) is 24.3 Å². The van der Waals surface area contributed by atoms with E-state index in [-0.39, 0.29) is 23.8 Å². The lowest BCUT2D eigenvalue weighted by atomic mass is 9.96. The Morgan fingerprint density at radius 2 is 2.16 bits per heavy atom. The summed E-state index contributed by atoms with van der Waals surface area (Å²) in [6, 6.07) is 5.61. The van der Waals surface area contributed by atoms with Crippen LogP contribution >= 0.6 is 0 Å². The number of amides is 1. The minimum atomic E-state index is -0.724. The second kappa shape index (κ2) is 7.73. The highest BCUT2D eigenvalue weighted by molar-refractivity contribution is 5.99. The van der Waals surface area contributed by atoms with Crippen LogP contribution in [0.25, 0.3) is 11.3 Å². The van der Waals surface area contributed by atoms with Gasteiger partial charge in [0.2, 0.25) is 0 Å². The van der Waals surface area contributed by atoms with E-state index in [1.165, 1.54) is 37.6 Å². The highest BCUT2D eigenvalue weighted by atomic mass is 19.1. The highest BCUT2D eigenvalue weighted by Crippen LogP contribution is 2.23. The number of hydrogen-bond donors (Lipinski definition) is 2. The summed E-state index contributed by atoms with van der Waals surface area (Å²) < 4.78 is 28.5. The predicted octanol–water partition coefficient (Wildman–Crippen LogP) is 1.23. The first-order chi connectivity index (χ1) is 12.1. The van der Waals surface area contributed by atoms with Gasteiger partial charge in [-0.1, -0.05) is 5.16 Å². The van der Waals surface area contributed by atoms with Crippen molar-refractivity contribution in [3.63, 3.8) is 0 Å². The van der Waals surface area contributed by atoms with Crippen LogP contribution in [-0.4, -0.2) is 55.2 Å². The van der Waals surface area contributed by atoms with Gasteiger partial charge in [-0.25, -0.2) is 4.39 Å². The van der Waals surface area contributed by atoms with Gasteiger partial charge >= 0.3 is 0 Å². The van der Waals surface area contributed by atoms with E-state index in [2.05, 4.69) is 10.5 Å². The average Bonchev–Trinajstić information content (AvgIpc) is 3.11. The zero-order valence-corrected chi connectivity index (χ0v) is 13.6. The van der Waals surface area contributed by atoms with E-state index in [0.717, 1.165) is 0 Å². The molecule has 1 fully saturated rings. The molecule has 1 amide bonds. The Kier molecular flexibility index (Phi) is 5.42. The number of aliphatic hydroxyl groups is 1. The highest BCUT2D eigenvalue weighted by Gasteiger charge is 2.33. The molecule has 1 aromatic carbocycles. The van der Waals surface area contributed by atoms with Crippen molar-refractivity contribution in [2.24, 2.45) is 5.92 Å². The minimum Gasteiger partial charge on any atom is -0.390 e. The normalized spacial score (nSPS) is 23.4. The van der Waals surface area contributed by atoms with E-state index in [0.29, 0.717) is 24.5 Å². The number of nitrogens with one attached hydrogen (secondary N) is 1. The summed E-state index contributed by atoms with van der Waals surface area (Å²) in [5.74, 6) is -1.05. The standard InChI is InChI=1S/C17H19FN2O5/c1-23-14-9-24-7-11(16(14)21)6-19-17(22)13-8-25-20-15(13)10-2-4-12(18)5-3-10/h2-5,8,11,14,16,21H,6-7,9H2,1H3,(H,19,22)/t11-,14-,16+/m1/s1. The Bertz CT molecular complexity index is 718. The molecule has 0 unspecified atom stereocenters. The molecule has 0 saturated carbocycles. The van der Waals surface area contributed by atoms with Crippen LogP contribution in [0, 0.1) is 11.7 Å². The van der Waals surface area contributed by atoms with Crippen molar-refractivity contribution in [3.05, 3.63) is 41.9 Å². The van der Waals surface area contributed by atoms with Gasteiger partial charge in [0.1, 0.15) is 29.4 Å². The summed E-state index contributed by atoms with van der Waals surface area (Å²) in [4.78, 5) is 12.4. The molecule has 2 aromatic rings. The maximum absolute atomic E-state index is 13.0. The van der Waals surface area contributed by atoms with Crippen LogP contribution in [0.2, 0.25) is 0 Å². The number of aliphatic hydroxyl groups excluding tert-OH is 1. The fourth-order valence-electron chi connectivity index (χ4n) is 2.76. The molecule has 1 saturated heterocycles. The van der Waals surface area contributed by atoms with Crippen LogP contribution in [0.5, 0.6) is 0 Å². The SMILES string of the molecule is CO[C@@H]1COC[C@@H](CNC(=O)c2conc2-c2ccc(F)cc2)[C@@H]1O. The molecular weight excluding hydrogens is 331 g/mol. The topological polar surface area (TPSA) is 93.8 Å². The number of hydrogen-bond acceptors (Lipinski definition) is 6. The van der Waals surface area contributed by atoms with E-state index in [9.17, 15) is 14.3 Å². The minimum absolute atomic E-state index is 0.216. The molecule has 1 aromatic heterocycles. The number of carbonyl (C=O) groups is 1. The summed E-state index contributed by atoms with van der Waals surface area (Å²) in [6.45, 7) is 0.867. The number of halogens is 1. The fraction of sp³-hybridized carbons (Fsp3) is 0.412. The molecule has 3 rings (SSSR count). The second-order valence-electron chi connectivity index (χ2n) is 5.86. The van der Waals surface area contributed by atoms with Crippen molar-refractivity contribution in [2.75, 3.05) is 26.9 Å². The van der Waals surface area contributed by atoms with Gasteiger partial charge in [-0.15, -0.1) is 0 Å². The van der Waals surface area contributed by atoms with Crippen LogP contribution in [-0.2, 0) is 9.47 Å². The molecule has 2 heterocycles. The Morgan fingerprint density at radius 1 is 1.40 bits per heavy atom. The Hall–Kier alpha value is -2.29. The molecule has 7 nitrogen and oxygen atoms in total. The summed E-state index contributed by atoms with van der Waals surface area (Å²) >= 11 is 0. The van der Waals surface area contributed by atoms with E-state index in [1.54, 1.807) is 0 Å². The summed E-state index contributed by atoms with van der Waals surface area (Å²) in [5, 5.41) is 16.8. The smallest absolute Gasteiger partial charge is 0.256 e. The number of methoxy groups -OCH3 is 1. The van der Waals surface area contributed by atoms with Gasteiger partial charge < -0.3 is 24.4 Å². The van der Waals surface area contributed by atoms with Crippen LogP contribution < -0.4 is 5.32 Å². The van der Waals surface area contributed by atoms with E-state index in [1.807, 2.05) is 0 Å². The first kappa shape index (κ1) is 17.5. The zero-order valence-electron chi connectivity index (χ0n) is 13.6. The van der Waals surface area contributed by atoms with Gasteiger partial charge in [-0.3, -0.25) is 4.79 Å². The number of ether oxygens (including phenoxy) is 2. The number of aromatic nitrogens is 1. The molecule has 0 bridgehead atoms. The monoisotopic (exact) mass is 350 g/mol. The number of nitrogens with zero attached hydrogens (tertiary/aromatic N) is 1. The third kappa shape index (κ3) is 3.87. The molecule has 0 radical (unpaired) electrons. The third-order valence-electron chi connectivity index (χ3n) is 4.24. The van der Waals surface area contributed by atoms with Gasteiger partial charge in [0.15, 0.2) is 0 Å². The van der Waals surface area contributed by atoms with Gasteiger partial charge in [0.25, 0.3) is 5.91 Å². The first-order valence-corrected chi connectivity index (χ1v) is 7.87. The second-order valence-corrected chi connectivity index (χ2v) is 5.86. The molecule has 1 aliphatic heterocycles. The van der Waals surface area contributed by atoms with Crippen molar-refractivity contribution < 1.29 is 28.3 Å². The number of carbonyl (C=O) groups excluding carboxylic acids is 1. The third-order valence-corrected chi connectivity index (χ3v) is 4.24. The molecular formula is C17H19FN2O5. The van der Waals surface area contributed by atoms with Crippen molar-refractivity contribution in [2.45, 2.75) is 12.2 Å². The summed E-state index contributed by atoms with van der Waals surface area (Å²) in [5.41, 5.74) is 1.13. The molecule has 25 heavy (non-hydrogen) atoms. The Labute approximate surface area is 143 Å². The summed E-state index contributed by atoms with van der Waals surface area (Å²) in [7, 11) is 1.50. The van der Waals surface area contributed by atoms with Crippen molar-refractivity contribution in [1.82, 2.24) is 10.5 Å². The largest absolute Gasteiger partial charge is 0.390 e. The molecule has 0 spiro atoms.